The van der Waals surface area contributed by atoms with Crippen molar-refractivity contribution < 1.29 is 13.2 Å². The van der Waals surface area contributed by atoms with E-state index in [2.05, 4.69) is 0 Å². The zero-order valence-corrected chi connectivity index (χ0v) is 11.5. The fourth-order valence-electron chi connectivity index (χ4n) is 2.27. The molecule has 0 bridgehead atoms. The van der Waals surface area contributed by atoms with Crippen LogP contribution in [0.2, 0.25) is 5.02 Å². The minimum Gasteiger partial charge on any atom is -0.299 e. The number of Topliss-reactive ketones (excluding diaryl/α,β-unsaturated/α-hetero) is 1. The first-order valence-corrected chi connectivity index (χ1v) is 8.03. The van der Waals surface area contributed by atoms with Crippen LogP contribution < -0.4 is 0 Å². The van der Waals surface area contributed by atoms with Crippen molar-refractivity contribution in [1.82, 2.24) is 0 Å². The maximum atomic E-state index is 12.1. The van der Waals surface area contributed by atoms with E-state index in [0.717, 1.165) is 12.8 Å². The van der Waals surface area contributed by atoms with E-state index < -0.39 is 9.84 Å². The number of carbonyl (C=O) groups excluding carboxylic acids is 1. The Labute approximate surface area is 112 Å². The summed E-state index contributed by atoms with van der Waals surface area (Å²) in [7, 11) is -3.33. The van der Waals surface area contributed by atoms with E-state index in [-0.39, 0.29) is 22.3 Å². The Hall–Kier alpha value is -0.870. The number of halogens is 1. The topological polar surface area (TPSA) is 51.2 Å². The van der Waals surface area contributed by atoms with Gasteiger partial charge < -0.3 is 0 Å². The molecule has 1 aliphatic carbocycles. The fourth-order valence-corrected chi connectivity index (χ4v) is 3.95. The van der Waals surface area contributed by atoms with Gasteiger partial charge in [-0.1, -0.05) is 17.7 Å². The third kappa shape index (κ3) is 3.12. The zero-order valence-electron chi connectivity index (χ0n) is 9.93. The summed E-state index contributed by atoms with van der Waals surface area (Å²) in [5.74, 6) is 0.152. The van der Waals surface area contributed by atoms with Crippen LogP contribution in [0.4, 0.5) is 0 Å². The summed E-state index contributed by atoms with van der Waals surface area (Å²) < 4.78 is 24.2. The van der Waals surface area contributed by atoms with Crippen molar-refractivity contribution in [1.29, 1.82) is 0 Å². The molecule has 3 nitrogen and oxygen atoms in total. The number of rotatable bonds is 4. The summed E-state index contributed by atoms with van der Waals surface area (Å²) in [6.45, 7) is 0. The molecule has 0 aromatic heterocycles. The first-order chi connectivity index (χ1) is 8.49. The molecule has 1 atom stereocenters. The molecule has 0 saturated heterocycles. The number of sulfone groups is 1. The molecule has 0 heterocycles. The van der Waals surface area contributed by atoms with E-state index in [4.69, 9.17) is 11.6 Å². The van der Waals surface area contributed by atoms with Gasteiger partial charge >= 0.3 is 0 Å². The molecule has 18 heavy (non-hydrogen) atoms. The van der Waals surface area contributed by atoms with Crippen molar-refractivity contribution in [3.8, 4) is 0 Å². The molecule has 1 fully saturated rings. The van der Waals surface area contributed by atoms with Crippen LogP contribution in [0.3, 0.4) is 0 Å². The first kappa shape index (κ1) is 13.6. The molecule has 1 unspecified atom stereocenters. The normalized spacial score (nSPS) is 20.3. The van der Waals surface area contributed by atoms with Gasteiger partial charge in [-0.15, -0.1) is 0 Å². The molecule has 2 rings (SSSR count). The quantitative estimate of drug-likeness (QED) is 0.855. The van der Waals surface area contributed by atoms with Gasteiger partial charge in [0.05, 0.1) is 10.6 Å². The third-order valence-corrected chi connectivity index (χ3v) is 5.30. The molecular formula is C13H15ClO3S. The summed E-state index contributed by atoms with van der Waals surface area (Å²) in [5.41, 5.74) is 0. The lowest BCUT2D eigenvalue weighted by Gasteiger charge is -2.08. The van der Waals surface area contributed by atoms with Crippen LogP contribution in [-0.2, 0) is 14.6 Å². The lowest BCUT2D eigenvalue weighted by atomic mass is 10.1. The summed E-state index contributed by atoms with van der Waals surface area (Å²) >= 11 is 5.78. The minimum atomic E-state index is -3.33. The Morgan fingerprint density at radius 3 is 2.72 bits per heavy atom. The van der Waals surface area contributed by atoms with Gasteiger partial charge in [0.25, 0.3) is 0 Å². The SMILES string of the molecule is O=C1CCCC1CCS(=O)(=O)c1cccc(Cl)c1. The molecule has 1 saturated carbocycles. The van der Waals surface area contributed by atoms with Crippen LogP contribution in [0.1, 0.15) is 25.7 Å². The smallest absolute Gasteiger partial charge is 0.178 e. The summed E-state index contributed by atoms with van der Waals surface area (Å²) in [6.07, 6.45) is 2.74. The predicted molar refractivity (Wildman–Crippen MR) is 70.5 cm³/mol. The molecule has 0 amide bonds. The Morgan fingerprint density at radius 1 is 1.33 bits per heavy atom. The second-order valence-electron chi connectivity index (χ2n) is 4.62. The van der Waals surface area contributed by atoms with Crippen molar-refractivity contribution in [3.63, 3.8) is 0 Å². The Balaban J connectivity index is 2.06. The maximum absolute atomic E-state index is 12.1. The van der Waals surface area contributed by atoms with Crippen molar-refractivity contribution in [2.75, 3.05) is 5.75 Å². The molecular weight excluding hydrogens is 272 g/mol. The van der Waals surface area contributed by atoms with Crippen LogP contribution in [-0.4, -0.2) is 20.0 Å². The van der Waals surface area contributed by atoms with Gasteiger partial charge in [-0.3, -0.25) is 4.79 Å². The van der Waals surface area contributed by atoms with Crippen LogP contribution >= 0.6 is 11.6 Å². The highest BCUT2D eigenvalue weighted by atomic mass is 35.5. The molecule has 98 valence electrons. The number of benzene rings is 1. The lowest BCUT2D eigenvalue weighted by Crippen LogP contribution is -2.14. The number of hydrogen-bond acceptors (Lipinski definition) is 3. The lowest BCUT2D eigenvalue weighted by molar-refractivity contribution is -0.120. The number of carbonyl (C=O) groups is 1. The van der Waals surface area contributed by atoms with Gasteiger partial charge in [-0.05, 0) is 37.5 Å². The zero-order chi connectivity index (χ0) is 13.2. The van der Waals surface area contributed by atoms with Gasteiger partial charge in [0.2, 0.25) is 0 Å². The highest BCUT2D eigenvalue weighted by Crippen LogP contribution is 2.26. The molecule has 0 radical (unpaired) electrons. The summed E-state index contributed by atoms with van der Waals surface area (Å²) in [5, 5.41) is 0.410. The van der Waals surface area contributed by atoms with E-state index in [0.29, 0.717) is 17.9 Å². The third-order valence-electron chi connectivity index (χ3n) is 3.32. The summed E-state index contributed by atoms with van der Waals surface area (Å²) in [4.78, 5) is 11.7. The standard InChI is InChI=1S/C13H15ClO3S/c14-11-4-2-5-12(9-11)18(16,17)8-7-10-3-1-6-13(10)15/h2,4-5,9-10H,1,3,6-8H2. The summed E-state index contributed by atoms with van der Waals surface area (Å²) in [6, 6.07) is 6.25. The average molecular weight is 287 g/mol. The second-order valence-corrected chi connectivity index (χ2v) is 7.17. The van der Waals surface area contributed by atoms with Gasteiger partial charge in [0.15, 0.2) is 9.84 Å². The van der Waals surface area contributed by atoms with E-state index in [1.807, 2.05) is 0 Å². The van der Waals surface area contributed by atoms with Gasteiger partial charge in [0.1, 0.15) is 5.78 Å². The predicted octanol–water partition coefficient (Wildman–Crippen LogP) is 2.87. The fraction of sp³-hybridized carbons (Fsp3) is 0.462. The number of hydrogen-bond donors (Lipinski definition) is 0. The van der Waals surface area contributed by atoms with Crippen LogP contribution in [0.25, 0.3) is 0 Å². The van der Waals surface area contributed by atoms with E-state index in [1.165, 1.54) is 12.1 Å². The van der Waals surface area contributed by atoms with Crippen molar-refractivity contribution in [3.05, 3.63) is 29.3 Å². The van der Waals surface area contributed by atoms with Gasteiger partial charge in [0, 0.05) is 17.4 Å². The Morgan fingerprint density at radius 2 is 2.11 bits per heavy atom. The van der Waals surface area contributed by atoms with Gasteiger partial charge in [-0.2, -0.15) is 0 Å². The van der Waals surface area contributed by atoms with E-state index in [1.54, 1.807) is 12.1 Å². The number of ketones is 1. The van der Waals surface area contributed by atoms with E-state index >= 15 is 0 Å². The molecule has 0 aliphatic heterocycles. The molecule has 1 aromatic rings. The molecule has 0 spiro atoms. The second kappa shape index (κ2) is 5.41. The molecule has 1 aliphatic rings. The largest absolute Gasteiger partial charge is 0.299 e. The molecule has 5 heteroatoms. The van der Waals surface area contributed by atoms with Crippen LogP contribution in [0.5, 0.6) is 0 Å². The van der Waals surface area contributed by atoms with Gasteiger partial charge in [-0.25, -0.2) is 8.42 Å². The Bertz CT molecular complexity index is 551. The minimum absolute atomic E-state index is 0.0176. The highest BCUT2D eigenvalue weighted by molar-refractivity contribution is 7.91. The van der Waals surface area contributed by atoms with Crippen LogP contribution in [0.15, 0.2) is 29.2 Å². The van der Waals surface area contributed by atoms with E-state index in [9.17, 15) is 13.2 Å². The Kier molecular flexibility index (Phi) is 4.07. The van der Waals surface area contributed by atoms with Crippen molar-refractivity contribution in [2.45, 2.75) is 30.6 Å². The highest BCUT2D eigenvalue weighted by Gasteiger charge is 2.26. The molecule has 0 N–H and O–H groups in total. The van der Waals surface area contributed by atoms with Crippen molar-refractivity contribution in [2.24, 2.45) is 5.92 Å². The molecule has 1 aromatic carbocycles. The van der Waals surface area contributed by atoms with Crippen molar-refractivity contribution >= 4 is 27.2 Å². The first-order valence-electron chi connectivity index (χ1n) is 6.00. The van der Waals surface area contributed by atoms with Crippen LogP contribution in [0, 0.1) is 5.92 Å². The monoisotopic (exact) mass is 286 g/mol. The maximum Gasteiger partial charge on any atom is 0.178 e. The average Bonchev–Trinajstić information content (AvgIpc) is 2.72.